The molecule has 0 saturated heterocycles. The van der Waals surface area contributed by atoms with Crippen molar-refractivity contribution in [3.8, 4) is 0 Å². The number of carbonyl (C=O) groups is 1. The molecule has 2 N–H and O–H groups in total. The number of halogens is 3. The van der Waals surface area contributed by atoms with Crippen LogP contribution in [0.4, 0.5) is 13.2 Å². The van der Waals surface area contributed by atoms with Crippen molar-refractivity contribution in [1.82, 2.24) is 15.5 Å². The maximum atomic E-state index is 12.3. The number of nitrogens with zero attached hydrogens (tertiary/aromatic N) is 2. The summed E-state index contributed by atoms with van der Waals surface area (Å²) in [4.78, 5) is 16.6. The zero-order chi connectivity index (χ0) is 19.5. The minimum Gasteiger partial charge on any atom is -0.378 e. The average Bonchev–Trinajstić information content (AvgIpc) is 2.49. The van der Waals surface area contributed by atoms with Gasteiger partial charge in [0, 0.05) is 32.2 Å². The number of ether oxygens (including phenoxy) is 1. The van der Waals surface area contributed by atoms with E-state index in [4.69, 9.17) is 4.74 Å². The molecular formula is C16H29F3N4O2. The van der Waals surface area contributed by atoms with E-state index in [1.807, 2.05) is 13.8 Å². The lowest BCUT2D eigenvalue weighted by atomic mass is 9.56. The van der Waals surface area contributed by atoms with Gasteiger partial charge in [-0.25, -0.2) is 4.99 Å². The van der Waals surface area contributed by atoms with Crippen molar-refractivity contribution in [3.63, 3.8) is 0 Å². The molecule has 1 aliphatic rings. The molecule has 0 heterocycles. The summed E-state index contributed by atoms with van der Waals surface area (Å²) in [7, 11) is 2.79. The van der Waals surface area contributed by atoms with Gasteiger partial charge in [0.05, 0.1) is 5.60 Å². The molecule has 0 spiro atoms. The summed E-state index contributed by atoms with van der Waals surface area (Å²) in [5.74, 6) is -0.281. The summed E-state index contributed by atoms with van der Waals surface area (Å²) in [6.45, 7) is 6.99. The van der Waals surface area contributed by atoms with Crippen LogP contribution >= 0.6 is 0 Å². The standard InChI is InChI=1S/C16H29F3N4O2/c1-7-20-13(21-9-12(24)23(5)10-16(17,18)19)22-11-8-15(4,25-6)14(11,2)3/h11H,7-10H2,1-6H3,(H2,20,21,22). The van der Waals surface area contributed by atoms with Gasteiger partial charge in [-0.05, 0) is 20.3 Å². The molecule has 1 rings (SSSR count). The summed E-state index contributed by atoms with van der Waals surface area (Å²) < 4.78 is 42.6. The topological polar surface area (TPSA) is 66.0 Å². The fraction of sp³-hybridized carbons (Fsp3) is 0.875. The van der Waals surface area contributed by atoms with Crippen molar-refractivity contribution < 1.29 is 22.7 Å². The molecular weight excluding hydrogens is 337 g/mol. The third kappa shape index (κ3) is 5.23. The Morgan fingerprint density at radius 2 is 1.96 bits per heavy atom. The molecule has 1 fully saturated rings. The Morgan fingerprint density at radius 1 is 1.36 bits per heavy atom. The molecule has 1 amide bonds. The van der Waals surface area contributed by atoms with E-state index in [0.29, 0.717) is 17.4 Å². The van der Waals surface area contributed by atoms with Crippen molar-refractivity contribution in [2.45, 2.75) is 51.9 Å². The first kappa shape index (κ1) is 21.5. The van der Waals surface area contributed by atoms with Gasteiger partial charge >= 0.3 is 6.18 Å². The quantitative estimate of drug-likeness (QED) is 0.555. The van der Waals surface area contributed by atoms with E-state index in [0.717, 1.165) is 13.5 Å². The average molecular weight is 366 g/mol. The minimum absolute atomic E-state index is 0.0817. The first-order valence-corrected chi connectivity index (χ1v) is 8.27. The molecule has 25 heavy (non-hydrogen) atoms. The van der Waals surface area contributed by atoms with Gasteiger partial charge in [-0.1, -0.05) is 13.8 Å². The number of amides is 1. The molecule has 0 aromatic rings. The second kappa shape index (κ2) is 7.80. The van der Waals surface area contributed by atoms with Crippen LogP contribution in [0.2, 0.25) is 0 Å². The maximum Gasteiger partial charge on any atom is 0.406 e. The first-order valence-electron chi connectivity index (χ1n) is 8.27. The third-order valence-electron chi connectivity index (χ3n) is 5.15. The Hall–Kier alpha value is -1.51. The Kier molecular flexibility index (Phi) is 6.72. The lowest BCUT2D eigenvalue weighted by molar-refractivity contribution is -0.176. The van der Waals surface area contributed by atoms with Crippen molar-refractivity contribution >= 4 is 11.9 Å². The number of rotatable bonds is 6. The Morgan fingerprint density at radius 3 is 2.40 bits per heavy atom. The Balaban J connectivity index is 2.68. The van der Waals surface area contributed by atoms with Crippen LogP contribution in [0.5, 0.6) is 0 Å². The van der Waals surface area contributed by atoms with Crippen LogP contribution in [0.3, 0.4) is 0 Å². The number of hydrogen-bond donors (Lipinski definition) is 2. The van der Waals surface area contributed by atoms with Gasteiger partial charge in [-0.2, -0.15) is 13.2 Å². The van der Waals surface area contributed by atoms with E-state index in [-0.39, 0.29) is 23.6 Å². The summed E-state index contributed by atoms with van der Waals surface area (Å²) >= 11 is 0. The number of likely N-dealkylation sites (N-methyl/N-ethyl adjacent to an activating group) is 1. The van der Waals surface area contributed by atoms with E-state index < -0.39 is 18.6 Å². The first-order chi connectivity index (χ1) is 11.4. The van der Waals surface area contributed by atoms with Gasteiger partial charge < -0.3 is 20.3 Å². The summed E-state index contributed by atoms with van der Waals surface area (Å²) in [6, 6.07) is 0.0817. The molecule has 1 saturated carbocycles. The normalized spacial score (nSPS) is 26.0. The van der Waals surface area contributed by atoms with Crippen LogP contribution in [0.25, 0.3) is 0 Å². The highest BCUT2D eigenvalue weighted by Crippen LogP contribution is 2.51. The lowest BCUT2D eigenvalue weighted by Crippen LogP contribution is -2.69. The monoisotopic (exact) mass is 366 g/mol. The molecule has 146 valence electrons. The predicted molar refractivity (Wildman–Crippen MR) is 90.4 cm³/mol. The van der Waals surface area contributed by atoms with Crippen molar-refractivity contribution in [1.29, 1.82) is 0 Å². The molecule has 0 aromatic heterocycles. The molecule has 0 aliphatic heterocycles. The largest absolute Gasteiger partial charge is 0.406 e. The van der Waals surface area contributed by atoms with E-state index in [9.17, 15) is 18.0 Å². The number of nitrogens with one attached hydrogen (secondary N) is 2. The predicted octanol–water partition coefficient (Wildman–Crippen LogP) is 1.77. The second-order valence-corrected chi connectivity index (χ2v) is 7.12. The number of carbonyl (C=O) groups excluding carboxylic acids is 1. The molecule has 0 radical (unpaired) electrons. The maximum absolute atomic E-state index is 12.3. The van der Waals surface area contributed by atoms with Gasteiger partial charge in [0.1, 0.15) is 13.1 Å². The number of aliphatic imine (C=N–C) groups is 1. The van der Waals surface area contributed by atoms with Gasteiger partial charge in [0.25, 0.3) is 0 Å². The van der Waals surface area contributed by atoms with E-state index in [1.54, 1.807) is 7.11 Å². The van der Waals surface area contributed by atoms with Crippen LogP contribution in [-0.2, 0) is 9.53 Å². The molecule has 6 nitrogen and oxygen atoms in total. The molecule has 0 bridgehead atoms. The molecule has 2 unspecified atom stereocenters. The summed E-state index contributed by atoms with van der Waals surface area (Å²) in [5.41, 5.74) is -0.417. The summed E-state index contributed by atoms with van der Waals surface area (Å²) in [5, 5.41) is 6.26. The van der Waals surface area contributed by atoms with Crippen LogP contribution < -0.4 is 10.6 Å². The molecule has 1 aliphatic carbocycles. The lowest BCUT2D eigenvalue weighted by Gasteiger charge is -2.59. The minimum atomic E-state index is -4.42. The third-order valence-corrected chi connectivity index (χ3v) is 5.15. The van der Waals surface area contributed by atoms with E-state index >= 15 is 0 Å². The van der Waals surface area contributed by atoms with Crippen molar-refractivity contribution in [2.24, 2.45) is 10.4 Å². The SMILES string of the molecule is CCNC(=NCC(=O)N(C)CC(F)(F)F)NC1CC(C)(OC)C1(C)C. The zero-order valence-electron chi connectivity index (χ0n) is 15.8. The Labute approximate surface area is 147 Å². The van der Waals surface area contributed by atoms with Crippen LogP contribution in [0.1, 0.15) is 34.1 Å². The van der Waals surface area contributed by atoms with Crippen LogP contribution in [-0.4, -0.2) is 68.4 Å². The van der Waals surface area contributed by atoms with Crippen LogP contribution in [0, 0.1) is 5.41 Å². The summed E-state index contributed by atoms with van der Waals surface area (Å²) in [6.07, 6.45) is -3.65. The number of guanidine groups is 1. The Bertz CT molecular complexity index is 508. The molecule has 2 atom stereocenters. The van der Waals surface area contributed by atoms with E-state index in [2.05, 4.69) is 29.5 Å². The highest BCUT2D eigenvalue weighted by Gasteiger charge is 2.58. The second-order valence-electron chi connectivity index (χ2n) is 7.12. The van der Waals surface area contributed by atoms with Crippen molar-refractivity contribution in [2.75, 3.05) is 33.8 Å². The van der Waals surface area contributed by atoms with Gasteiger partial charge in [-0.15, -0.1) is 0 Å². The van der Waals surface area contributed by atoms with Gasteiger partial charge in [0.15, 0.2) is 5.96 Å². The highest BCUT2D eigenvalue weighted by molar-refractivity contribution is 5.85. The fourth-order valence-electron chi connectivity index (χ4n) is 2.83. The van der Waals surface area contributed by atoms with Gasteiger partial charge in [-0.3, -0.25) is 4.79 Å². The fourth-order valence-corrected chi connectivity index (χ4v) is 2.83. The number of methoxy groups -OCH3 is 1. The van der Waals surface area contributed by atoms with E-state index in [1.165, 1.54) is 0 Å². The smallest absolute Gasteiger partial charge is 0.378 e. The zero-order valence-corrected chi connectivity index (χ0v) is 15.8. The number of hydrogen-bond acceptors (Lipinski definition) is 3. The van der Waals surface area contributed by atoms with Crippen LogP contribution in [0.15, 0.2) is 4.99 Å². The number of alkyl halides is 3. The molecule has 0 aromatic carbocycles. The van der Waals surface area contributed by atoms with Gasteiger partial charge in [0.2, 0.25) is 5.91 Å². The molecule has 9 heteroatoms. The highest BCUT2D eigenvalue weighted by atomic mass is 19.4. The van der Waals surface area contributed by atoms with Crippen molar-refractivity contribution in [3.05, 3.63) is 0 Å².